The number of aliphatic carboxylic acids is 1. The number of ether oxygens (including phenoxy) is 2. The summed E-state index contributed by atoms with van der Waals surface area (Å²) in [4.78, 5) is 24.7. The normalized spacial score (nSPS) is 18.9. The Labute approximate surface area is 211 Å². The third kappa shape index (κ3) is 5.72. The van der Waals surface area contributed by atoms with E-state index in [0.717, 1.165) is 19.8 Å². The molecular weight excluding hydrogens is 499 g/mol. The number of nitrogens with one attached hydrogen (secondary N) is 1. The Balaban J connectivity index is 1.65. The van der Waals surface area contributed by atoms with Gasteiger partial charge in [0.2, 0.25) is 11.7 Å². The van der Waals surface area contributed by atoms with E-state index in [4.69, 9.17) is 21.1 Å². The molecule has 194 valence electrons. The molecule has 0 aromatic heterocycles. The highest BCUT2D eigenvalue weighted by Crippen LogP contribution is 2.47. The van der Waals surface area contributed by atoms with Gasteiger partial charge >= 0.3 is 12.1 Å². The zero-order valence-corrected chi connectivity index (χ0v) is 20.7. The summed E-state index contributed by atoms with van der Waals surface area (Å²) in [5.41, 5.74) is 0.924. The van der Waals surface area contributed by atoms with Crippen LogP contribution >= 0.6 is 11.6 Å². The lowest BCUT2D eigenvalue weighted by molar-refractivity contribution is -0.178. The van der Waals surface area contributed by atoms with Crippen LogP contribution in [-0.4, -0.2) is 28.9 Å². The van der Waals surface area contributed by atoms with E-state index in [1.807, 2.05) is 0 Å². The summed E-state index contributed by atoms with van der Waals surface area (Å²) in [7, 11) is 0. The molecule has 0 radical (unpaired) electrons. The van der Waals surface area contributed by atoms with Crippen molar-refractivity contribution in [2.75, 3.05) is 5.32 Å². The number of fused-ring (bicyclic) bond motifs is 1. The van der Waals surface area contributed by atoms with E-state index in [0.29, 0.717) is 11.3 Å². The monoisotopic (exact) mass is 525 g/mol. The minimum Gasteiger partial charge on any atom is -0.481 e. The van der Waals surface area contributed by atoms with Crippen molar-refractivity contribution in [1.82, 2.24) is 0 Å². The topological polar surface area (TPSA) is 84.9 Å². The summed E-state index contributed by atoms with van der Waals surface area (Å²) >= 11 is 6.28. The Kier molecular flexibility index (Phi) is 6.90. The fourth-order valence-corrected chi connectivity index (χ4v) is 4.78. The first-order valence-electron chi connectivity index (χ1n) is 11.7. The number of anilines is 1. The number of hydrogen-bond donors (Lipinski definition) is 2. The van der Waals surface area contributed by atoms with E-state index < -0.39 is 35.7 Å². The second-order valence-corrected chi connectivity index (χ2v) is 10.3. The third-order valence-electron chi connectivity index (χ3n) is 6.60. The summed E-state index contributed by atoms with van der Waals surface area (Å²) in [6.07, 6.45) is -2.94. The molecule has 0 saturated heterocycles. The summed E-state index contributed by atoms with van der Waals surface area (Å²) in [5, 5.41) is 12.0. The van der Waals surface area contributed by atoms with Crippen LogP contribution in [0.2, 0.25) is 5.02 Å². The highest BCUT2D eigenvalue weighted by molar-refractivity contribution is 6.33. The average molecular weight is 526 g/mol. The minimum atomic E-state index is -4.65. The van der Waals surface area contributed by atoms with E-state index in [1.54, 1.807) is 26.0 Å². The van der Waals surface area contributed by atoms with E-state index in [9.17, 15) is 27.9 Å². The number of rotatable bonds is 8. The minimum absolute atomic E-state index is 0.0824. The van der Waals surface area contributed by atoms with E-state index in [2.05, 4.69) is 5.32 Å². The first kappa shape index (κ1) is 26.1. The molecule has 2 aromatic carbocycles. The lowest BCUT2D eigenvalue weighted by atomic mass is 9.85. The van der Waals surface area contributed by atoms with Gasteiger partial charge in [-0.25, -0.2) is 0 Å². The molecule has 1 aliphatic heterocycles. The summed E-state index contributed by atoms with van der Waals surface area (Å²) in [5.74, 6) is -5.85. The maximum Gasteiger partial charge on any atom is 0.392 e. The predicted octanol–water partition coefficient (Wildman–Crippen LogP) is 6.74. The van der Waals surface area contributed by atoms with Crippen molar-refractivity contribution >= 4 is 29.2 Å². The lowest BCUT2D eigenvalue weighted by Gasteiger charge is -2.26. The quantitative estimate of drug-likeness (QED) is 0.399. The number of carboxylic acids is 1. The van der Waals surface area contributed by atoms with E-state index in [1.165, 1.54) is 24.3 Å². The SMILES string of the molecule is C[C@H]([C@H](C(=O)Nc1cc([C@@H](CC(=O)O)C2CC2)ccc1Cl)c1ccc2c(c1)OC(C)(C)O2)C(F)(F)F. The van der Waals surface area contributed by atoms with Gasteiger partial charge in [0.15, 0.2) is 11.5 Å². The van der Waals surface area contributed by atoms with Crippen molar-refractivity contribution < 1.29 is 37.3 Å². The van der Waals surface area contributed by atoms with Crippen LogP contribution in [0.15, 0.2) is 36.4 Å². The molecule has 0 spiro atoms. The number of carbonyl (C=O) groups is 2. The number of carbonyl (C=O) groups excluding carboxylic acids is 1. The van der Waals surface area contributed by atoms with Crippen molar-refractivity contribution in [3.63, 3.8) is 0 Å². The zero-order valence-electron chi connectivity index (χ0n) is 20.0. The molecule has 1 fully saturated rings. The Hall–Kier alpha value is -2.94. The Morgan fingerprint density at radius 2 is 1.75 bits per heavy atom. The van der Waals surface area contributed by atoms with Gasteiger partial charge in [-0.3, -0.25) is 9.59 Å². The van der Waals surface area contributed by atoms with Gasteiger partial charge in [0.1, 0.15) is 0 Å². The van der Waals surface area contributed by atoms with Gasteiger partial charge in [-0.1, -0.05) is 30.7 Å². The molecular formula is C26H27ClF3NO5. The molecule has 4 rings (SSSR count). The molecule has 1 aliphatic carbocycles. The van der Waals surface area contributed by atoms with Crippen LogP contribution in [-0.2, 0) is 9.59 Å². The molecule has 10 heteroatoms. The van der Waals surface area contributed by atoms with Gasteiger partial charge in [-0.2, -0.15) is 13.2 Å². The molecule has 2 aliphatic rings. The third-order valence-corrected chi connectivity index (χ3v) is 6.93. The number of hydrogen-bond acceptors (Lipinski definition) is 4. The van der Waals surface area contributed by atoms with Crippen molar-refractivity contribution in [1.29, 1.82) is 0 Å². The molecule has 0 unspecified atom stereocenters. The molecule has 1 saturated carbocycles. The van der Waals surface area contributed by atoms with E-state index >= 15 is 0 Å². The number of amides is 1. The molecule has 0 bridgehead atoms. The zero-order chi connectivity index (χ0) is 26.4. The van der Waals surface area contributed by atoms with Crippen molar-refractivity contribution in [2.24, 2.45) is 11.8 Å². The van der Waals surface area contributed by atoms with Gasteiger partial charge < -0.3 is 19.9 Å². The highest BCUT2D eigenvalue weighted by atomic mass is 35.5. The molecule has 2 N–H and O–H groups in total. The number of carboxylic acid groups (broad SMARTS) is 1. The maximum absolute atomic E-state index is 13.8. The van der Waals surface area contributed by atoms with Crippen LogP contribution in [0.5, 0.6) is 11.5 Å². The Bertz CT molecular complexity index is 1180. The van der Waals surface area contributed by atoms with Crippen LogP contribution < -0.4 is 14.8 Å². The Morgan fingerprint density at radius 3 is 2.36 bits per heavy atom. The lowest BCUT2D eigenvalue weighted by Crippen LogP contribution is -2.34. The van der Waals surface area contributed by atoms with Gasteiger partial charge in [-0.15, -0.1) is 0 Å². The molecule has 1 amide bonds. The predicted molar refractivity (Wildman–Crippen MR) is 128 cm³/mol. The first-order chi connectivity index (χ1) is 16.7. The average Bonchev–Trinajstić information content (AvgIpc) is 3.55. The number of alkyl halides is 3. The number of halogens is 4. The van der Waals surface area contributed by atoms with Crippen LogP contribution in [0.3, 0.4) is 0 Å². The molecule has 3 atom stereocenters. The van der Waals surface area contributed by atoms with Crippen LogP contribution in [0.25, 0.3) is 0 Å². The van der Waals surface area contributed by atoms with Crippen LogP contribution in [0.1, 0.15) is 63.0 Å². The molecule has 2 aromatic rings. The van der Waals surface area contributed by atoms with Gasteiger partial charge in [0, 0.05) is 13.8 Å². The molecule has 1 heterocycles. The highest BCUT2D eigenvalue weighted by Gasteiger charge is 2.46. The standard InChI is InChI=1S/C26H27ClF3NO5/c1-13(26(28,29)30)23(16-7-9-20-21(11-16)36-25(2,3)35-20)24(34)31-19-10-15(6-8-18(19)27)17(12-22(32)33)14-4-5-14/h6-11,13-14,17,23H,4-5,12H2,1-3H3,(H,31,34)(H,32,33)/t13-,17+,23+/m1/s1. The molecule has 6 nitrogen and oxygen atoms in total. The fraction of sp³-hybridized carbons (Fsp3) is 0.462. The van der Waals surface area contributed by atoms with Crippen molar-refractivity contribution in [3.05, 3.63) is 52.5 Å². The van der Waals surface area contributed by atoms with E-state index in [-0.39, 0.29) is 40.3 Å². The summed E-state index contributed by atoms with van der Waals surface area (Å²) in [6.45, 7) is 4.29. The molecule has 36 heavy (non-hydrogen) atoms. The number of benzene rings is 2. The van der Waals surface area contributed by atoms with Gasteiger partial charge in [-0.05, 0) is 60.1 Å². The summed E-state index contributed by atoms with van der Waals surface area (Å²) in [6, 6.07) is 9.08. The van der Waals surface area contributed by atoms with Gasteiger partial charge in [0.25, 0.3) is 0 Å². The van der Waals surface area contributed by atoms with Crippen molar-refractivity contribution in [3.8, 4) is 11.5 Å². The maximum atomic E-state index is 13.8. The largest absolute Gasteiger partial charge is 0.481 e. The second kappa shape index (κ2) is 9.50. The Morgan fingerprint density at radius 1 is 1.11 bits per heavy atom. The van der Waals surface area contributed by atoms with Crippen molar-refractivity contribution in [2.45, 2.75) is 63.8 Å². The summed E-state index contributed by atoms with van der Waals surface area (Å²) < 4.78 is 52.8. The smallest absolute Gasteiger partial charge is 0.392 e. The van der Waals surface area contributed by atoms with Gasteiger partial charge in [0.05, 0.1) is 29.0 Å². The fourth-order valence-electron chi connectivity index (χ4n) is 4.61. The first-order valence-corrected chi connectivity index (χ1v) is 12.0. The van der Waals surface area contributed by atoms with Crippen LogP contribution in [0, 0.1) is 11.8 Å². The van der Waals surface area contributed by atoms with Crippen LogP contribution in [0.4, 0.5) is 18.9 Å². The second-order valence-electron chi connectivity index (χ2n) is 9.89.